The number of para-hydroxylation sites is 1. The van der Waals surface area contributed by atoms with Gasteiger partial charge in [-0.2, -0.15) is 17.0 Å². The fraction of sp³-hybridized carbons (Fsp3) is 0.333. The number of anilines is 1. The minimum absolute atomic E-state index is 0.204. The van der Waals surface area contributed by atoms with Crippen LogP contribution in [-0.4, -0.2) is 17.4 Å². The number of unbranched alkanes of at least 4 members (excludes halogenated alkanes) is 1. The summed E-state index contributed by atoms with van der Waals surface area (Å²) in [5.74, 6) is 0.380. The van der Waals surface area contributed by atoms with Crippen LogP contribution >= 0.6 is 11.8 Å². The number of carbonyl (C=O) groups is 1. The number of benzene rings is 1. The highest BCUT2D eigenvalue weighted by Crippen LogP contribution is 2.13. The van der Waals surface area contributed by atoms with Gasteiger partial charge in [-0.15, -0.1) is 0 Å². The standard InChI is InChI=1S/C12H13FN2OS/c13-10-5-1-2-6-11(10)15-12(16)9-17-8-4-3-7-14/h1-2,5-6H,3-4,8-9H2,(H,15,16). The molecule has 0 bridgehead atoms. The van der Waals surface area contributed by atoms with E-state index in [2.05, 4.69) is 5.32 Å². The van der Waals surface area contributed by atoms with Crippen molar-refractivity contribution in [3.8, 4) is 6.07 Å². The largest absolute Gasteiger partial charge is 0.323 e. The van der Waals surface area contributed by atoms with Gasteiger partial charge in [0.15, 0.2) is 0 Å². The van der Waals surface area contributed by atoms with Gasteiger partial charge in [-0.3, -0.25) is 4.79 Å². The van der Waals surface area contributed by atoms with Gasteiger partial charge >= 0.3 is 0 Å². The summed E-state index contributed by atoms with van der Waals surface area (Å²) in [4.78, 5) is 11.4. The molecular weight excluding hydrogens is 239 g/mol. The smallest absolute Gasteiger partial charge is 0.234 e. The van der Waals surface area contributed by atoms with Crippen molar-refractivity contribution in [2.75, 3.05) is 16.8 Å². The van der Waals surface area contributed by atoms with E-state index in [1.807, 2.05) is 6.07 Å². The number of nitrogens with one attached hydrogen (secondary N) is 1. The van der Waals surface area contributed by atoms with Gasteiger partial charge in [0.05, 0.1) is 17.5 Å². The van der Waals surface area contributed by atoms with Gasteiger partial charge < -0.3 is 5.32 Å². The SMILES string of the molecule is N#CCCCSCC(=O)Nc1ccccc1F. The number of amides is 1. The minimum atomic E-state index is -0.435. The zero-order chi connectivity index (χ0) is 12.5. The number of hydrogen-bond acceptors (Lipinski definition) is 3. The Morgan fingerprint density at radius 2 is 2.24 bits per heavy atom. The highest BCUT2D eigenvalue weighted by atomic mass is 32.2. The maximum Gasteiger partial charge on any atom is 0.234 e. The zero-order valence-corrected chi connectivity index (χ0v) is 10.1. The van der Waals surface area contributed by atoms with Crippen molar-refractivity contribution >= 4 is 23.4 Å². The number of thioether (sulfide) groups is 1. The van der Waals surface area contributed by atoms with Gasteiger partial charge in [0.25, 0.3) is 0 Å². The molecule has 1 aromatic carbocycles. The number of nitrogens with zero attached hydrogens (tertiary/aromatic N) is 1. The van der Waals surface area contributed by atoms with Crippen LogP contribution in [0.15, 0.2) is 24.3 Å². The summed E-state index contributed by atoms with van der Waals surface area (Å²) in [6, 6.07) is 8.10. The molecular formula is C12H13FN2OS. The molecule has 0 fully saturated rings. The number of nitriles is 1. The Balaban J connectivity index is 2.26. The Bertz CT molecular complexity index is 417. The summed E-state index contributed by atoms with van der Waals surface area (Å²) in [6.07, 6.45) is 1.27. The molecule has 0 aliphatic carbocycles. The Hall–Kier alpha value is -1.54. The van der Waals surface area contributed by atoms with Gasteiger partial charge in [-0.25, -0.2) is 4.39 Å². The summed E-state index contributed by atoms with van der Waals surface area (Å²) in [7, 11) is 0. The van der Waals surface area contributed by atoms with E-state index >= 15 is 0 Å². The van der Waals surface area contributed by atoms with Gasteiger partial charge in [-0.1, -0.05) is 12.1 Å². The second-order valence-corrected chi connectivity index (χ2v) is 4.45. The van der Waals surface area contributed by atoms with Crippen molar-refractivity contribution in [2.24, 2.45) is 0 Å². The number of halogens is 1. The van der Waals surface area contributed by atoms with Crippen LogP contribution in [0.3, 0.4) is 0 Å². The molecule has 0 aromatic heterocycles. The molecule has 0 unspecified atom stereocenters. The lowest BCUT2D eigenvalue weighted by Gasteiger charge is -2.05. The van der Waals surface area contributed by atoms with Crippen molar-refractivity contribution in [3.63, 3.8) is 0 Å². The lowest BCUT2D eigenvalue weighted by atomic mass is 10.3. The summed E-state index contributed by atoms with van der Waals surface area (Å²) in [6.45, 7) is 0. The first-order valence-corrected chi connectivity index (χ1v) is 6.38. The van der Waals surface area contributed by atoms with Crippen LogP contribution in [0.1, 0.15) is 12.8 Å². The normalized spacial score (nSPS) is 9.65. The first kappa shape index (κ1) is 13.5. The predicted octanol–water partition coefficient (Wildman–Crippen LogP) is 2.80. The Morgan fingerprint density at radius 1 is 1.47 bits per heavy atom. The van der Waals surface area contributed by atoms with E-state index < -0.39 is 5.82 Å². The summed E-state index contributed by atoms with van der Waals surface area (Å²) in [5, 5.41) is 10.8. The van der Waals surface area contributed by atoms with Crippen LogP contribution in [0.5, 0.6) is 0 Å². The van der Waals surface area contributed by atoms with Gasteiger partial charge in [0, 0.05) is 6.42 Å². The quantitative estimate of drug-likeness (QED) is 0.792. The molecule has 0 aliphatic heterocycles. The fourth-order valence-corrected chi connectivity index (χ4v) is 1.92. The van der Waals surface area contributed by atoms with Crippen molar-refractivity contribution in [3.05, 3.63) is 30.1 Å². The molecule has 90 valence electrons. The minimum Gasteiger partial charge on any atom is -0.323 e. The summed E-state index contributed by atoms with van der Waals surface area (Å²) in [5.41, 5.74) is 0.204. The molecule has 0 radical (unpaired) electrons. The predicted molar refractivity (Wildman–Crippen MR) is 67.2 cm³/mol. The Labute approximate surface area is 104 Å². The van der Waals surface area contributed by atoms with E-state index in [0.29, 0.717) is 6.42 Å². The third-order valence-corrected chi connectivity index (χ3v) is 3.00. The zero-order valence-electron chi connectivity index (χ0n) is 9.28. The van der Waals surface area contributed by atoms with E-state index in [4.69, 9.17) is 5.26 Å². The second-order valence-electron chi connectivity index (χ2n) is 3.34. The molecule has 0 spiro atoms. The maximum absolute atomic E-state index is 13.2. The molecule has 1 aromatic rings. The Morgan fingerprint density at radius 3 is 2.94 bits per heavy atom. The van der Waals surface area contributed by atoms with Crippen molar-refractivity contribution < 1.29 is 9.18 Å². The average Bonchev–Trinajstić information content (AvgIpc) is 2.32. The van der Waals surface area contributed by atoms with Crippen LogP contribution < -0.4 is 5.32 Å². The van der Waals surface area contributed by atoms with Gasteiger partial charge in [0.2, 0.25) is 5.91 Å². The third kappa shape index (κ3) is 5.36. The molecule has 0 aliphatic rings. The maximum atomic E-state index is 13.2. The number of carbonyl (C=O) groups excluding carboxylic acids is 1. The van der Waals surface area contributed by atoms with Crippen LogP contribution in [0.25, 0.3) is 0 Å². The van der Waals surface area contributed by atoms with E-state index in [0.717, 1.165) is 12.2 Å². The first-order chi connectivity index (χ1) is 8.24. The average molecular weight is 252 g/mol. The first-order valence-electron chi connectivity index (χ1n) is 5.23. The molecule has 0 atom stereocenters. The molecule has 3 nitrogen and oxygen atoms in total. The second kappa shape index (κ2) is 7.69. The topological polar surface area (TPSA) is 52.9 Å². The molecule has 1 amide bonds. The van der Waals surface area contributed by atoms with Crippen molar-refractivity contribution in [2.45, 2.75) is 12.8 Å². The fourth-order valence-electron chi connectivity index (χ4n) is 1.17. The van der Waals surface area contributed by atoms with E-state index in [1.165, 1.54) is 23.9 Å². The molecule has 1 rings (SSSR count). The monoisotopic (exact) mass is 252 g/mol. The van der Waals surface area contributed by atoms with Crippen LogP contribution in [0, 0.1) is 17.1 Å². The lowest BCUT2D eigenvalue weighted by Crippen LogP contribution is -2.15. The van der Waals surface area contributed by atoms with Gasteiger partial charge in [-0.05, 0) is 24.3 Å². The van der Waals surface area contributed by atoms with E-state index in [9.17, 15) is 9.18 Å². The highest BCUT2D eigenvalue weighted by molar-refractivity contribution is 7.99. The molecule has 0 saturated heterocycles. The summed E-state index contributed by atoms with van der Waals surface area (Å²) >= 11 is 1.44. The Kier molecular flexibility index (Phi) is 6.12. The van der Waals surface area contributed by atoms with Gasteiger partial charge in [0.1, 0.15) is 5.82 Å². The molecule has 5 heteroatoms. The van der Waals surface area contributed by atoms with E-state index in [-0.39, 0.29) is 17.3 Å². The van der Waals surface area contributed by atoms with Crippen LogP contribution in [0.2, 0.25) is 0 Å². The van der Waals surface area contributed by atoms with Crippen LogP contribution in [-0.2, 0) is 4.79 Å². The summed E-state index contributed by atoms with van der Waals surface area (Å²) < 4.78 is 13.2. The number of hydrogen-bond donors (Lipinski definition) is 1. The molecule has 0 heterocycles. The van der Waals surface area contributed by atoms with E-state index in [1.54, 1.807) is 12.1 Å². The third-order valence-electron chi connectivity index (χ3n) is 1.96. The molecule has 17 heavy (non-hydrogen) atoms. The van der Waals surface area contributed by atoms with Crippen molar-refractivity contribution in [1.82, 2.24) is 0 Å². The number of rotatable bonds is 6. The lowest BCUT2D eigenvalue weighted by molar-refractivity contribution is -0.113. The van der Waals surface area contributed by atoms with Crippen LogP contribution in [0.4, 0.5) is 10.1 Å². The molecule has 1 N–H and O–H groups in total. The molecule has 0 saturated carbocycles. The highest BCUT2D eigenvalue weighted by Gasteiger charge is 2.05. The van der Waals surface area contributed by atoms with Crippen molar-refractivity contribution in [1.29, 1.82) is 5.26 Å².